The lowest BCUT2D eigenvalue weighted by molar-refractivity contribution is -0.123. The van der Waals surface area contributed by atoms with Crippen molar-refractivity contribution in [2.75, 3.05) is 12.4 Å². The van der Waals surface area contributed by atoms with E-state index in [1.807, 2.05) is 24.3 Å². The van der Waals surface area contributed by atoms with Crippen LogP contribution in [0.25, 0.3) is 10.8 Å². The number of fused-ring (bicyclic) bond motifs is 1. The molecule has 0 bridgehead atoms. The summed E-state index contributed by atoms with van der Waals surface area (Å²) in [5, 5.41) is 4.98. The molecule has 0 heterocycles. The Balaban J connectivity index is 1.76. The van der Waals surface area contributed by atoms with Gasteiger partial charge in [-0.15, -0.1) is 0 Å². The van der Waals surface area contributed by atoms with Crippen LogP contribution >= 0.6 is 11.6 Å². The lowest BCUT2D eigenvalue weighted by atomic mass is 10.1. The van der Waals surface area contributed by atoms with Gasteiger partial charge in [-0.2, -0.15) is 0 Å². The van der Waals surface area contributed by atoms with E-state index >= 15 is 0 Å². The minimum Gasteiger partial charge on any atom is -0.496 e. The zero-order valence-corrected chi connectivity index (χ0v) is 15.6. The molecule has 0 spiro atoms. The largest absolute Gasteiger partial charge is 0.496 e. The number of nitrogens with one attached hydrogen (secondary N) is 1. The van der Waals surface area contributed by atoms with Gasteiger partial charge >= 0.3 is 5.97 Å². The van der Waals surface area contributed by atoms with E-state index in [1.165, 1.54) is 14.0 Å². The van der Waals surface area contributed by atoms with E-state index in [2.05, 4.69) is 5.32 Å². The van der Waals surface area contributed by atoms with Crippen molar-refractivity contribution in [2.45, 2.75) is 13.0 Å². The molecule has 1 amide bonds. The van der Waals surface area contributed by atoms with Crippen molar-refractivity contribution in [1.29, 1.82) is 0 Å². The van der Waals surface area contributed by atoms with Gasteiger partial charge in [0, 0.05) is 10.7 Å². The van der Waals surface area contributed by atoms with Crippen LogP contribution in [0.5, 0.6) is 5.75 Å². The molecule has 0 aliphatic rings. The summed E-state index contributed by atoms with van der Waals surface area (Å²) in [7, 11) is 1.48. The summed E-state index contributed by atoms with van der Waals surface area (Å²) < 4.78 is 10.6. The summed E-state index contributed by atoms with van der Waals surface area (Å²) in [5.74, 6) is -0.696. The Labute approximate surface area is 161 Å². The molecule has 3 aromatic rings. The number of carbonyl (C=O) groups is 2. The molecule has 3 aromatic carbocycles. The number of rotatable bonds is 5. The molecule has 0 unspecified atom stereocenters. The monoisotopic (exact) mass is 383 g/mol. The molecule has 0 saturated heterocycles. The van der Waals surface area contributed by atoms with Gasteiger partial charge in [0.05, 0.1) is 7.11 Å². The van der Waals surface area contributed by atoms with E-state index < -0.39 is 18.0 Å². The van der Waals surface area contributed by atoms with Crippen LogP contribution in [-0.2, 0) is 9.53 Å². The molecule has 0 aliphatic carbocycles. The number of hydrogen-bond acceptors (Lipinski definition) is 4. The molecule has 0 saturated carbocycles. The molecule has 27 heavy (non-hydrogen) atoms. The second-order valence-corrected chi connectivity index (χ2v) is 6.38. The zero-order chi connectivity index (χ0) is 19.4. The molecule has 1 N–H and O–H groups in total. The maximum atomic E-state index is 12.6. The summed E-state index contributed by atoms with van der Waals surface area (Å²) in [5.41, 5.74) is 0.789. The van der Waals surface area contributed by atoms with Crippen LogP contribution in [-0.4, -0.2) is 25.1 Å². The molecule has 138 valence electrons. The van der Waals surface area contributed by atoms with Gasteiger partial charge in [-0.05, 0) is 48.0 Å². The normalized spacial score (nSPS) is 11.7. The van der Waals surface area contributed by atoms with E-state index in [4.69, 9.17) is 21.1 Å². The molecule has 1 atom stereocenters. The smallest absolute Gasteiger partial charge is 0.342 e. The highest BCUT2D eigenvalue weighted by molar-refractivity contribution is 6.30. The molecule has 0 radical (unpaired) electrons. The molecular weight excluding hydrogens is 366 g/mol. The lowest BCUT2D eigenvalue weighted by Crippen LogP contribution is -2.30. The predicted molar refractivity (Wildman–Crippen MR) is 105 cm³/mol. The Bertz CT molecular complexity index is 1000. The Morgan fingerprint density at radius 1 is 1.00 bits per heavy atom. The Morgan fingerprint density at radius 3 is 2.37 bits per heavy atom. The van der Waals surface area contributed by atoms with Crippen molar-refractivity contribution < 1.29 is 19.1 Å². The average molecular weight is 384 g/mol. The van der Waals surface area contributed by atoms with E-state index in [9.17, 15) is 9.59 Å². The van der Waals surface area contributed by atoms with Crippen LogP contribution in [0.15, 0.2) is 60.7 Å². The Morgan fingerprint density at radius 2 is 1.70 bits per heavy atom. The lowest BCUT2D eigenvalue weighted by Gasteiger charge is -2.15. The fourth-order valence-corrected chi connectivity index (χ4v) is 2.83. The first-order valence-corrected chi connectivity index (χ1v) is 8.70. The van der Waals surface area contributed by atoms with Crippen molar-refractivity contribution in [3.63, 3.8) is 0 Å². The molecule has 6 heteroatoms. The summed E-state index contributed by atoms with van der Waals surface area (Å²) >= 11 is 5.90. The number of esters is 1. The third kappa shape index (κ3) is 4.38. The van der Waals surface area contributed by atoms with Gasteiger partial charge in [-0.3, -0.25) is 4.79 Å². The average Bonchev–Trinajstić information content (AvgIpc) is 2.66. The van der Waals surface area contributed by atoms with Crippen LogP contribution < -0.4 is 10.1 Å². The third-order valence-corrected chi connectivity index (χ3v) is 4.27. The minimum absolute atomic E-state index is 0.263. The van der Waals surface area contributed by atoms with Gasteiger partial charge in [0.2, 0.25) is 0 Å². The van der Waals surface area contributed by atoms with Crippen LogP contribution in [0.4, 0.5) is 5.69 Å². The molecule has 0 fully saturated rings. The van der Waals surface area contributed by atoms with Gasteiger partial charge in [0.1, 0.15) is 11.3 Å². The van der Waals surface area contributed by atoms with Crippen molar-refractivity contribution >= 4 is 39.9 Å². The van der Waals surface area contributed by atoms with Crippen LogP contribution in [0, 0.1) is 0 Å². The number of anilines is 1. The van der Waals surface area contributed by atoms with Gasteiger partial charge in [0.25, 0.3) is 5.91 Å². The van der Waals surface area contributed by atoms with Gasteiger partial charge < -0.3 is 14.8 Å². The fourth-order valence-electron chi connectivity index (χ4n) is 2.64. The summed E-state index contributed by atoms with van der Waals surface area (Å²) in [6.07, 6.45) is -0.993. The zero-order valence-electron chi connectivity index (χ0n) is 14.9. The molecule has 3 rings (SSSR count). The second-order valence-electron chi connectivity index (χ2n) is 5.95. The summed E-state index contributed by atoms with van der Waals surface area (Å²) in [6.45, 7) is 1.51. The van der Waals surface area contributed by atoms with Crippen LogP contribution in [0.1, 0.15) is 17.3 Å². The predicted octanol–water partition coefficient (Wildman–Crippen LogP) is 4.69. The second kappa shape index (κ2) is 8.10. The minimum atomic E-state index is -0.993. The number of benzene rings is 3. The Kier molecular flexibility index (Phi) is 5.62. The topological polar surface area (TPSA) is 64.6 Å². The maximum absolute atomic E-state index is 12.6. The highest BCUT2D eigenvalue weighted by atomic mass is 35.5. The standard InChI is InChI=1S/C21H18ClNO4/c1-13(20(24)23-17-9-5-8-16(22)12-17)27-21(25)18-10-14-6-3-4-7-15(14)11-19(18)26-2/h3-13H,1-2H3,(H,23,24)/t13-/m1/s1. The number of halogens is 1. The highest BCUT2D eigenvalue weighted by Crippen LogP contribution is 2.27. The molecule has 0 aliphatic heterocycles. The highest BCUT2D eigenvalue weighted by Gasteiger charge is 2.22. The van der Waals surface area contributed by atoms with E-state index in [0.717, 1.165) is 10.8 Å². The van der Waals surface area contributed by atoms with Gasteiger partial charge in [-0.1, -0.05) is 41.9 Å². The first kappa shape index (κ1) is 18.7. The quantitative estimate of drug-likeness (QED) is 0.649. The molecule has 5 nitrogen and oxygen atoms in total. The van der Waals surface area contributed by atoms with Crippen LogP contribution in [0.3, 0.4) is 0 Å². The Hall–Kier alpha value is -3.05. The van der Waals surface area contributed by atoms with Crippen molar-refractivity contribution in [3.8, 4) is 5.75 Å². The van der Waals surface area contributed by atoms with Gasteiger partial charge in [-0.25, -0.2) is 4.79 Å². The molecule has 0 aromatic heterocycles. The SMILES string of the molecule is COc1cc2ccccc2cc1C(=O)O[C@H](C)C(=O)Nc1cccc(Cl)c1. The fraction of sp³-hybridized carbons (Fsp3) is 0.143. The first-order chi connectivity index (χ1) is 13.0. The number of ether oxygens (including phenoxy) is 2. The van der Waals surface area contributed by atoms with Crippen molar-refractivity contribution in [3.05, 3.63) is 71.2 Å². The van der Waals surface area contributed by atoms with E-state index in [1.54, 1.807) is 36.4 Å². The number of hydrogen-bond donors (Lipinski definition) is 1. The van der Waals surface area contributed by atoms with Crippen LogP contribution in [0.2, 0.25) is 5.02 Å². The summed E-state index contributed by atoms with van der Waals surface area (Å²) in [6, 6.07) is 17.8. The van der Waals surface area contributed by atoms with E-state index in [0.29, 0.717) is 16.5 Å². The van der Waals surface area contributed by atoms with Gasteiger partial charge in [0.15, 0.2) is 6.10 Å². The third-order valence-electron chi connectivity index (χ3n) is 4.03. The summed E-state index contributed by atoms with van der Waals surface area (Å²) in [4.78, 5) is 24.9. The molecular formula is C21H18ClNO4. The first-order valence-electron chi connectivity index (χ1n) is 8.32. The number of carbonyl (C=O) groups excluding carboxylic acids is 2. The van der Waals surface area contributed by atoms with Crippen molar-refractivity contribution in [1.82, 2.24) is 0 Å². The number of methoxy groups -OCH3 is 1. The van der Waals surface area contributed by atoms with Crippen molar-refractivity contribution in [2.24, 2.45) is 0 Å². The maximum Gasteiger partial charge on any atom is 0.342 e. The van der Waals surface area contributed by atoms with E-state index in [-0.39, 0.29) is 5.56 Å². The number of amides is 1.